The Bertz CT molecular complexity index is 869. The number of urea groups is 1. The summed E-state index contributed by atoms with van der Waals surface area (Å²) in [5.41, 5.74) is 6.36. The van der Waals surface area contributed by atoms with Gasteiger partial charge in [-0.25, -0.2) is 4.79 Å². The van der Waals surface area contributed by atoms with Gasteiger partial charge in [0.25, 0.3) is 5.91 Å². The molecule has 3 amide bonds. The van der Waals surface area contributed by atoms with E-state index in [0.29, 0.717) is 15.4 Å². The summed E-state index contributed by atoms with van der Waals surface area (Å²) in [4.78, 5) is 24.9. The number of aromatic nitrogens is 2. The summed E-state index contributed by atoms with van der Waals surface area (Å²) in [6.07, 6.45) is 5.40. The number of piperidine rings is 1. The fourth-order valence-electron chi connectivity index (χ4n) is 2.69. The number of nitrogens with two attached hydrogens (primary N) is 1. The number of rotatable bonds is 3. The summed E-state index contributed by atoms with van der Waals surface area (Å²) >= 11 is 1.22. The van der Waals surface area contributed by atoms with Crippen molar-refractivity contribution in [2.45, 2.75) is 18.9 Å². The number of anilines is 1. The Morgan fingerprint density at radius 3 is 2.96 bits per heavy atom. The van der Waals surface area contributed by atoms with E-state index in [0.717, 1.165) is 31.5 Å². The van der Waals surface area contributed by atoms with Gasteiger partial charge in [0, 0.05) is 25.8 Å². The van der Waals surface area contributed by atoms with E-state index >= 15 is 0 Å². The standard InChI is InChI=1S/C17H20N6O2S/c1-23-10-11(8-20-23)4-5-13-7-14(22-17(18)25)15(26-13)16(24)21-12-3-2-6-19-9-12/h7-8,10,12,19H,2-3,6,9H2,1H3,(H,21,24)(H3,18,22,25). The van der Waals surface area contributed by atoms with E-state index < -0.39 is 6.03 Å². The van der Waals surface area contributed by atoms with E-state index in [2.05, 4.69) is 32.9 Å². The van der Waals surface area contributed by atoms with Gasteiger partial charge in [-0.15, -0.1) is 11.3 Å². The quantitative estimate of drug-likeness (QED) is 0.598. The molecule has 0 aliphatic carbocycles. The van der Waals surface area contributed by atoms with Crippen molar-refractivity contribution in [2.75, 3.05) is 18.4 Å². The predicted octanol–water partition coefficient (Wildman–Crippen LogP) is 0.854. The van der Waals surface area contributed by atoms with Crippen molar-refractivity contribution in [1.82, 2.24) is 20.4 Å². The van der Waals surface area contributed by atoms with Crippen LogP contribution in [0.25, 0.3) is 0 Å². The average Bonchev–Trinajstić information content (AvgIpc) is 3.19. The van der Waals surface area contributed by atoms with Crippen LogP contribution in [0, 0.1) is 11.8 Å². The minimum atomic E-state index is -0.719. The Labute approximate surface area is 155 Å². The van der Waals surface area contributed by atoms with Crippen LogP contribution in [0.2, 0.25) is 0 Å². The van der Waals surface area contributed by atoms with E-state index in [4.69, 9.17) is 5.73 Å². The Hall–Kier alpha value is -2.83. The normalized spacial score (nSPS) is 16.4. The number of hydrogen-bond donors (Lipinski definition) is 4. The zero-order valence-electron chi connectivity index (χ0n) is 14.3. The molecule has 2 aromatic rings. The highest BCUT2D eigenvalue weighted by Crippen LogP contribution is 2.27. The maximum absolute atomic E-state index is 12.6. The second-order valence-electron chi connectivity index (χ2n) is 6.01. The molecule has 1 unspecified atom stereocenters. The number of nitrogens with zero attached hydrogens (tertiary/aromatic N) is 2. The molecule has 1 saturated heterocycles. The molecule has 1 aliphatic rings. The molecule has 1 fully saturated rings. The summed E-state index contributed by atoms with van der Waals surface area (Å²) in [5.74, 6) is 5.75. The van der Waals surface area contributed by atoms with Crippen molar-refractivity contribution in [3.8, 4) is 11.8 Å². The van der Waals surface area contributed by atoms with E-state index in [1.807, 2.05) is 7.05 Å². The molecule has 1 atom stereocenters. The first-order valence-corrected chi connectivity index (χ1v) is 9.05. The van der Waals surface area contributed by atoms with Crippen molar-refractivity contribution in [1.29, 1.82) is 0 Å². The number of carbonyl (C=O) groups is 2. The van der Waals surface area contributed by atoms with Crippen molar-refractivity contribution in [3.63, 3.8) is 0 Å². The molecule has 8 nitrogen and oxygen atoms in total. The zero-order chi connectivity index (χ0) is 18.5. The number of thiophene rings is 1. The molecule has 2 aromatic heterocycles. The third kappa shape index (κ3) is 4.62. The molecule has 0 spiro atoms. The van der Waals surface area contributed by atoms with Crippen LogP contribution in [-0.2, 0) is 7.05 Å². The van der Waals surface area contributed by atoms with Crippen LogP contribution in [0.3, 0.4) is 0 Å². The lowest BCUT2D eigenvalue weighted by Crippen LogP contribution is -2.45. The van der Waals surface area contributed by atoms with Gasteiger partial charge in [-0.2, -0.15) is 5.10 Å². The van der Waals surface area contributed by atoms with E-state index in [1.54, 1.807) is 23.1 Å². The first-order chi connectivity index (χ1) is 12.5. The second kappa shape index (κ2) is 8.03. The van der Waals surface area contributed by atoms with Crippen LogP contribution in [-0.4, -0.2) is 40.9 Å². The summed E-state index contributed by atoms with van der Waals surface area (Å²) in [6, 6.07) is 1.01. The highest BCUT2D eigenvalue weighted by atomic mass is 32.1. The fraction of sp³-hybridized carbons (Fsp3) is 0.353. The molecule has 0 radical (unpaired) electrons. The number of amides is 3. The van der Waals surface area contributed by atoms with Crippen molar-refractivity contribution < 1.29 is 9.59 Å². The van der Waals surface area contributed by atoms with Gasteiger partial charge in [-0.3, -0.25) is 9.48 Å². The van der Waals surface area contributed by atoms with Crippen LogP contribution < -0.4 is 21.7 Å². The lowest BCUT2D eigenvalue weighted by atomic mass is 10.1. The van der Waals surface area contributed by atoms with Crippen LogP contribution in [0.1, 0.15) is 33.0 Å². The van der Waals surface area contributed by atoms with Gasteiger partial charge in [0.1, 0.15) is 4.88 Å². The van der Waals surface area contributed by atoms with Crippen molar-refractivity contribution >= 4 is 29.0 Å². The zero-order valence-corrected chi connectivity index (χ0v) is 15.2. The Morgan fingerprint density at radius 1 is 1.46 bits per heavy atom. The second-order valence-corrected chi connectivity index (χ2v) is 7.06. The van der Waals surface area contributed by atoms with E-state index in [-0.39, 0.29) is 11.9 Å². The van der Waals surface area contributed by atoms with Crippen LogP contribution in [0.15, 0.2) is 18.5 Å². The fourth-order valence-corrected chi connectivity index (χ4v) is 3.56. The number of primary amides is 1. The van der Waals surface area contributed by atoms with E-state index in [1.165, 1.54) is 11.3 Å². The Kier molecular flexibility index (Phi) is 5.55. The van der Waals surface area contributed by atoms with Gasteiger partial charge in [-0.05, 0) is 25.5 Å². The molecular weight excluding hydrogens is 352 g/mol. The lowest BCUT2D eigenvalue weighted by Gasteiger charge is -2.23. The smallest absolute Gasteiger partial charge is 0.316 e. The molecule has 1 aliphatic heterocycles. The third-order valence-corrected chi connectivity index (χ3v) is 4.91. The molecule has 0 bridgehead atoms. The molecular formula is C17H20N6O2S. The number of carbonyl (C=O) groups excluding carboxylic acids is 2. The van der Waals surface area contributed by atoms with Crippen LogP contribution in [0.4, 0.5) is 10.5 Å². The molecule has 3 heterocycles. The minimum Gasteiger partial charge on any atom is -0.351 e. The SMILES string of the molecule is Cn1cc(C#Cc2cc(NC(N)=O)c(C(=O)NC3CCCNC3)s2)cn1. The van der Waals surface area contributed by atoms with Gasteiger partial charge in [0.05, 0.1) is 22.3 Å². The topological polar surface area (TPSA) is 114 Å². The van der Waals surface area contributed by atoms with Crippen LogP contribution >= 0.6 is 11.3 Å². The van der Waals surface area contributed by atoms with Crippen molar-refractivity contribution in [2.24, 2.45) is 12.8 Å². The monoisotopic (exact) mass is 372 g/mol. The van der Waals surface area contributed by atoms with E-state index in [9.17, 15) is 9.59 Å². The molecule has 26 heavy (non-hydrogen) atoms. The number of nitrogens with one attached hydrogen (secondary N) is 3. The molecule has 9 heteroatoms. The summed E-state index contributed by atoms with van der Waals surface area (Å²) in [6.45, 7) is 1.71. The Balaban J connectivity index is 1.80. The van der Waals surface area contributed by atoms with Gasteiger partial charge in [-0.1, -0.05) is 11.8 Å². The molecule has 136 valence electrons. The summed E-state index contributed by atoms with van der Waals surface area (Å²) < 4.78 is 1.66. The molecule has 3 rings (SSSR count). The van der Waals surface area contributed by atoms with Gasteiger partial charge in [0.15, 0.2) is 0 Å². The highest BCUT2D eigenvalue weighted by Gasteiger charge is 2.21. The van der Waals surface area contributed by atoms with Gasteiger partial charge >= 0.3 is 6.03 Å². The average molecular weight is 372 g/mol. The predicted molar refractivity (Wildman–Crippen MR) is 100 cm³/mol. The number of hydrogen-bond acceptors (Lipinski definition) is 5. The summed E-state index contributed by atoms with van der Waals surface area (Å²) in [7, 11) is 1.81. The number of aryl methyl sites for hydroxylation is 1. The largest absolute Gasteiger partial charge is 0.351 e. The molecule has 0 aromatic carbocycles. The summed E-state index contributed by atoms with van der Waals surface area (Å²) in [5, 5.41) is 12.8. The minimum absolute atomic E-state index is 0.0738. The first-order valence-electron chi connectivity index (χ1n) is 8.24. The maximum Gasteiger partial charge on any atom is 0.316 e. The van der Waals surface area contributed by atoms with Gasteiger partial charge < -0.3 is 21.7 Å². The third-order valence-electron chi connectivity index (χ3n) is 3.86. The molecule has 0 saturated carbocycles. The first kappa shape index (κ1) is 18.0. The lowest BCUT2D eigenvalue weighted by molar-refractivity contribution is 0.0935. The van der Waals surface area contributed by atoms with Crippen LogP contribution in [0.5, 0.6) is 0 Å². The maximum atomic E-state index is 12.6. The highest BCUT2D eigenvalue weighted by molar-refractivity contribution is 7.15. The Morgan fingerprint density at radius 2 is 2.31 bits per heavy atom. The molecule has 5 N–H and O–H groups in total. The van der Waals surface area contributed by atoms with Gasteiger partial charge in [0.2, 0.25) is 0 Å². The van der Waals surface area contributed by atoms with Crippen molar-refractivity contribution in [3.05, 3.63) is 33.8 Å².